The number of rotatable bonds is 7. The van der Waals surface area contributed by atoms with Gasteiger partial charge in [0.15, 0.2) is 0 Å². The Balaban J connectivity index is 2.32. The molecular formula is C18H21NO5. The summed E-state index contributed by atoms with van der Waals surface area (Å²) >= 11 is 0. The first-order valence-electron chi connectivity index (χ1n) is 7.48. The van der Waals surface area contributed by atoms with Crippen molar-refractivity contribution in [3.8, 4) is 17.6 Å². The topological polar surface area (TPSA) is 73.9 Å². The van der Waals surface area contributed by atoms with Crippen LogP contribution in [0.5, 0.6) is 5.75 Å². The summed E-state index contributed by atoms with van der Waals surface area (Å²) < 4.78 is 15.0. The molecule has 0 saturated carbocycles. The van der Waals surface area contributed by atoms with Crippen LogP contribution in [-0.2, 0) is 14.3 Å². The van der Waals surface area contributed by atoms with Gasteiger partial charge in [0.2, 0.25) is 0 Å². The number of hydrogen-bond donors (Lipinski definition) is 1. The average Bonchev–Trinajstić information content (AvgIpc) is 2.56. The van der Waals surface area contributed by atoms with Crippen LogP contribution >= 0.6 is 0 Å². The van der Waals surface area contributed by atoms with Crippen molar-refractivity contribution in [1.29, 1.82) is 0 Å². The molecule has 0 fully saturated rings. The second-order valence-corrected chi connectivity index (χ2v) is 4.70. The molecule has 0 aliphatic heterocycles. The Labute approximate surface area is 141 Å². The molecule has 0 spiro atoms. The minimum atomic E-state index is -0.628. The molecule has 0 radical (unpaired) electrons. The third-order valence-corrected chi connectivity index (χ3v) is 2.63. The van der Waals surface area contributed by atoms with Gasteiger partial charge >= 0.3 is 12.1 Å². The fourth-order valence-electron chi connectivity index (χ4n) is 1.46. The maximum absolute atomic E-state index is 11.6. The number of ether oxygens (including phenoxy) is 3. The van der Waals surface area contributed by atoms with Crippen molar-refractivity contribution in [3.05, 3.63) is 42.0 Å². The molecule has 0 atom stereocenters. The lowest BCUT2D eigenvalue weighted by Crippen LogP contribution is -2.30. The Morgan fingerprint density at radius 2 is 1.96 bits per heavy atom. The van der Waals surface area contributed by atoms with Gasteiger partial charge in [-0.25, -0.2) is 9.59 Å². The van der Waals surface area contributed by atoms with E-state index in [9.17, 15) is 9.59 Å². The summed E-state index contributed by atoms with van der Waals surface area (Å²) in [6, 6.07) is 6.78. The van der Waals surface area contributed by atoms with Gasteiger partial charge in [0.25, 0.3) is 0 Å². The second kappa shape index (κ2) is 10.9. The maximum atomic E-state index is 11.6. The van der Waals surface area contributed by atoms with Gasteiger partial charge in [-0.05, 0) is 38.1 Å². The Morgan fingerprint density at radius 3 is 2.58 bits per heavy atom. The van der Waals surface area contributed by atoms with Crippen molar-refractivity contribution in [2.75, 3.05) is 26.4 Å². The van der Waals surface area contributed by atoms with Gasteiger partial charge in [-0.15, -0.1) is 0 Å². The number of carbonyl (C=O) groups is 2. The van der Waals surface area contributed by atoms with Crippen LogP contribution in [0.15, 0.2) is 36.4 Å². The predicted molar refractivity (Wildman–Crippen MR) is 89.6 cm³/mol. The van der Waals surface area contributed by atoms with Crippen molar-refractivity contribution in [2.24, 2.45) is 0 Å². The molecule has 0 aromatic heterocycles. The number of amides is 1. The van der Waals surface area contributed by atoms with E-state index in [0.717, 1.165) is 5.56 Å². The molecule has 0 bridgehead atoms. The highest BCUT2D eigenvalue weighted by Gasteiger charge is 2.05. The zero-order chi connectivity index (χ0) is 17.8. The lowest BCUT2D eigenvalue weighted by atomic mass is 10.2. The molecule has 1 rings (SSSR count). The number of esters is 1. The van der Waals surface area contributed by atoms with E-state index in [1.54, 1.807) is 31.2 Å². The number of nitrogens with one attached hydrogen (secondary N) is 1. The summed E-state index contributed by atoms with van der Waals surface area (Å²) in [6.45, 7) is 8.13. The zero-order valence-corrected chi connectivity index (χ0v) is 13.9. The van der Waals surface area contributed by atoms with Crippen LogP contribution in [0, 0.1) is 11.8 Å². The summed E-state index contributed by atoms with van der Waals surface area (Å²) in [7, 11) is 0. The highest BCUT2D eigenvalue weighted by molar-refractivity contribution is 5.86. The molecule has 0 aliphatic carbocycles. The molecule has 1 amide bonds. The average molecular weight is 331 g/mol. The molecule has 1 N–H and O–H groups in total. The van der Waals surface area contributed by atoms with Crippen molar-refractivity contribution in [1.82, 2.24) is 5.32 Å². The zero-order valence-electron chi connectivity index (χ0n) is 13.9. The van der Waals surface area contributed by atoms with E-state index in [2.05, 4.69) is 23.7 Å². The summed E-state index contributed by atoms with van der Waals surface area (Å²) in [5, 5.41) is 2.48. The van der Waals surface area contributed by atoms with Gasteiger partial charge in [0.05, 0.1) is 6.54 Å². The Morgan fingerprint density at radius 1 is 1.25 bits per heavy atom. The van der Waals surface area contributed by atoms with E-state index in [4.69, 9.17) is 14.2 Å². The molecule has 0 saturated heterocycles. The van der Waals surface area contributed by atoms with Gasteiger partial charge in [-0.1, -0.05) is 18.4 Å². The van der Waals surface area contributed by atoms with Gasteiger partial charge in [0.1, 0.15) is 19.0 Å². The minimum absolute atomic E-state index is 0.0507. The lowest BCUT2D eigenvalue weighted by molar-refractivity contribution is -0.138. The molecule has 6 heteroatoms. The molecular weight excluding hydrogens is 310 g/mol. The van der Waals surface area contributed by atoms with Crippen molar-refractivity contribution in [2.45, 2.75) is 13.8 Å². The fraction of sp³-hybridized carbons (Fsp3) is 0.333. The van der Waals surface area contributed by atoms with Crippen molar-refractivity contribution in [3.63, 3.8) is 0 Å². The van der Waals surface area contributed by atoms with Crippen LogP contribution in [0.25, 0.3) is 0 Å². The third-order valence-electron chi connectivity index (χ3n) is 2.63. The van der Waals surface area contributed by atoms with E-state index in [-0.39, 0.29) is 13.2 Å². The maximum Gasteiger partial charge on any atom is 0.412 e. The Kier molecular flexibility index (Phi) is 8.72. The molecule has 24 heavy (non-hydrogen) atoms. The van der Waals surface area contributed by atoms with Crippen LogP contribution in [0.4, 0.5) is 4.79 Å². The normalized spacial score (nSPS) is 9.42. The van der Waals surface area contributed by atoms with Gasteiger partial charge < -0.3 is 19.5 Å². The first-order chi connectivity index (χ1) is 11.5. The monoisotopic (exact) mass is 331 g/mol. The van der Waals surface area contributed by atoms with Crippen molar-refractivity contribution >= 4 is 12.1 Å². The minimum Gasteiger partial charge on any atom is -0.460 e. The van der Waals surface area contributed by atoms with E-state index in [1.807, 2.05) is 6.92 Å². The molecule has 0 aliphatic rings. The predicted octanol–water partition coefficient (Wildman–Crippen LogP) is 2.28. The van der Waals surface area contributed by atoms with E-state index >= 15 is 0 Å². The number of benzene rings is 1. The molecule has 6 nitrogen and oxygen atoms in total. The summed E-state index contributed by atoms with van der Waals surface area (Å²) in [4.78, 5) is 22.7. The molecule has 1 aromatic rings. The molecule has 128 valence electrons. The molecule has 0 heterocycles. The summed E-state index contributed by atoms with van der Waals surface area (Å²) in [6.07, 6.45) is -0.628. The molecule has 1 aromatic carbocycles. The van der Waals surface area contributed by atoms with Crippen LogP contribution in [0.2, 0.25) is 0 Å². The smallest absolute Gasteiger partial charge is 0.412 e. The first kappa shape index (κ1) is 19.3. The van der Waals surface area contributed by atoms with E-state index in [0.29, 0.717) is 24.5 Å². The standard InChI is InChI=1S/C18H21NO5/c1-4-22-12-5-6-15-7-9-16(10-8-15)24-18(21)19-11-13-23-17(20)14(2)3/h7-10H,2,4,11-13H2,1,3H3,(H,19,21). The first-order valence-corrected chi connectivity index (χ1v) is 7.48. The SMILES string of the molecule is C=C(C)C(=O)OCCNC(=O)Oc1ccc(C#CCOCC)cc1. The number of carbonyl (C=O) groups excluding carboxylic acids is 2. The largest absolute Gasteiger partial charge is 0.460 e. The molecule has 0 unspecified atom stereocenters. The van der Waals surface area contributed by atoms with Crippen molar-refractivity contribution < 1.29 is 23.8 Å². The summed E-state index contributed by atoms with van der Waals surface area (Å²) in [5.41, 5.74) is 1.11. The highest BCUT2D eigenvalue weighted by Crippen LogP contribution is 2.11. The van der Waals surface area contributed by atoms with Crippen LogP contribution in [0.1, 0.15) is 19.4 Å². The van der Waals surface area contributed by atoms with Gasteiger partial charge in [0, 0.05) is 17.7 Å². The van der Waals surface area contributed by atoms with Crippen LogP contribution in [-0.4, -0.2) is 38.4 Å². The third kappa shape index (κ3) is 8.01. The quantitative estimate of drug-likeness (QED) is 0.359. The Hall–Kier alpha value is -2.78. The fourth-order valence-corrected chi connectivity index (χ4v) is 1.46. The second-order valence-electron chi connectivity index (χ2n) is 4.70. The lowest BCUT2D eigenvalue weighted by Gasteiger charge is -2.07. The highest BCUT2D eigenvalue weighted by atomic mass is 16.6. The van der Waals surface area contributed by atoms with Crippen LogP contribution in [0.3, 0.4) is 0 Å². The van der Waals surface area contributed by atoms with Crippen LogP contribution < -0.4 is 10.1 Å². The summed E-state index contributed by atoms with van der Waals surface area (Å²) in [5.74, 6) is 5.71. The van der Waals surface area contributed by atoms with E-state index < -0.39 is 12.1 Å². The Bertz CT molecular complexity index is 625. The van der Waals surface area contributed by atoms with E-state index in [1.165, 1.54) is 0 Å². The van der Waals surface area contributed by atoms with Gasteiger partial charge in [-0.2, -0.15) is 0 Å². The van der Waals surface area contributed by atoms with Gasteiger partial charge in [-0.3, -0.25) is 0 Å². The number of hydrogen-bond acceptors (Lipinski definition) is 5.